The Kier molecular flexibility index (Phi) is 2.76. The molecule has 6 heteroatoms. The van der Waals surface area contributed by atoms with Gasteiger partial charge in [0.25, 0.3) is 5.69 Å². The Labute approximate surface area is 77.9 Å². The molecule has 0 unspecified atom stereocenters. The van der Waals surface area contributed by atoms with Gasteiger partial charge in [-0.05, 0) is 11.6 Å². The Morgan fingerprint density at radius 1 is 1.50 bits per heavy atom. The molecule has 0 radical (unpaired) electrons. The lowest BCUT2D eigenvalue weighted by Gasteiger charge is -2.03. The molecule has 0 spiro atoms. The Morgan fingerprint density at radius 3 is 2.57 bits per heavy atom. The van der Waals surface area contributed by atoms with E-state index >= 15 is 0 Å². The van der Waals surface area contributed by atoms with Gasteiger partial charge in [0.1, 0.15) is 5.82 Å². The van der Waals surface area contributed by atoms with Crippen LogP contribution in [0.15, 0.2) is 18.2 Å². The third-order valence-electron chi connectivity index (χ3n) is 1.58. The number of carbonyl (C=O) groups excluding carboxylic acids is 1. The number of nitrogens with zero attached hydrogens (tertiary/aromatic N) is 1. The lowest BCUT2D eigenvalue weighted by molar-refractivity contribution is -0.385. The highest BCUT2D eigenvalue weighted by Crippen LogP contribution is 2.16. The standard InChI is InChI=1S/C8H6FNO4/c9-7-4-6(10(13)14)2-1-5(7)3-8(11)12/h1-2,4H,3H2,(H,11,12)/p-1. The number of hydrogen-bond acceptors (Lipinski definition) is 4. The molecule has 0 atom stereocenters. The van der Waals surface area contributed by atoms with Crippen LogP contribution in [-0.2, 0) is 11.2 Å². The van der Waals surface area contributed by atoms with Crippen molar-refractivity contribution in [3.8, 4) is 0 Å². The number of non-ortho nitro benzene ring substituents is 1. The van der Waals surface area contributed by atoms with E-state index in [9.17, 15) is 24.4 Å². The van der Waals surface area contributed by atoms with Crippen molar-refractivity contribution in [1.82, 2.24) is 0 Å². The number of benzene rings is 1. The highest BCUT2D eigenvalue weighted by molar-refractivity contribution is 5.68. The fourth-order valence-corrected chi connectivity index (χ4v) is 0.949. The van der Waals surface area contributed by atoms with Gasteiger partial charge in [0, 0.05) is 18.5 Å². The van der Waals surface area contributed by atoms with Crippen molar-refractivity contribution in [2.75, 3.05) is 0 Å². The first-order valence-corrected chi connectivity index (χ1v) is 3.63. The summed E-state index contributed by atoms with van der Waals surface area (Å²) in [4.78, 5) is 19.6. The largest absolute Gasteiger partial charge is 0.550 e. The smallest absolute Gasteiger partial charge is 0.272 e. The van der Waals surface area contributed by atoms with E-state index in [0.29, 0.717) is 6.07 Å². The van der Waals surface area contributed by atoms with Gasteiger partial charge >= 0.3 is 0 Å². The Hall–Kier alpha value is -1.98. The minimum absolute atomic E-state index is 0.129. The van der Waals surface area contributed by atoms with Gasteiger partial charge in [-0.1, -0.05) is 0 Å². The summed E-state index contributed by atoms with van der Waals surface area (Å²) in [6, 6.07) is 2.78. The van der Waals surface area contributed by atoms with Crippen LogP contribution < -0.4 is 5.11 Å². The van der Waals surface area contributed by atoms with Gasteiger partial charge < -0.3 is 9.90 Å². The predicted molar refractivity (Wildman–Crippen MR) is 41.8 cm³/mol. The zero-order valence-corrected chi connectivity index (χ0v) is 6.90. The molecule has 0 N–H and O–H groups in total. The number of carboxylic acids is 1. The molecule has 1 aromatic rings. The molecule has 0 aliphatic rings. The summed E-state index contributed by atoms with van der Waals surface area (Å²) >= 11 is 0. The topological polar surface area (TPSA) is 83.3 Å². The lowest BCUT2D eigenvalue weighted by atomic mass is 10.1. The molecule has 1 rings (SSSR count). The lowest BCUT2D eigenvalue weighted by Crippen LogP contribution is -2.24. The van der Waals surface area contributed by atoms with Crippen LogP contribution in [0, 0.1) is 15.9 Å². The van der Waals surface area contributed by atoms with Crippen molar-refractivity contribution < 1.29 is 19.2 Å². The van der Waals surface area contributed by atoms with Gasteiger partial charge in [-0.3, -0.25) is 10.1 Å². The third kappa shape index (κ3) is 2.25. The van der Waals surface area contributed by atoms with E-state index in [1.165, 1.54) is 0 Å². The molecule has 0 saturated carbocycles. The van der Waals surface area contributed by atoms with Crippen LogP contribution in [-0.4, -0.2) is 10.9 Å². The van der Waals surface area contributed by atoms with Gasteiger partial charge in [-0.15, -0.1) is 0 Å². The average molecular weight is 198 g/mol. The second-order valence-electron chi connectivity index (χ2n) is 2.58. The molecule has 14 heavy (non-hydrogen) atoms. The first-order valence-electron chi connectivity index (χ1n) is 3.63. The normalized spacial score (nSPS) is 9.79. The number of carboxylic acid groups (broad SMARTS) is 1. The zero-order valence-electron chi connectivity index (χ0n) is 6.90. The maximum absolute atomic E-state index is 13.0. The summed E-state index contributed by atoms with van der Waals surface area (Å²) < 4.78 is 13.0. The van der Waals surface area contributed by atoms with Crippen LogP contribution >= 0.6 is 0 Å². The molecule has 0 bridgehead atoms. The predicted octanol–water partition coefficient (Wildman–Crippen LogP) is 0.0263. The molecule has 1 aromatic carbocycles. The average Bonchev–Trinajstić information content (AvgIpc) is 2.07. The molecule has 0 aromatic heterocycles. The van der Waals surface area contributed by atoms with Crippen LogP contribution in [0.25, 0.3) is 0 Å². The number of aliphatic carboxylic acids is 1. The maximum atomic E-state index is 13.0. The number of carbonyl (C=O) groups is 1. The van der Waals surface area contributed by atoms with Gasteiger partial charge in [0.2, 0.25) is 0 Å². The summed E-state index contributed by atoms with van der Waals surface area (Å²) in [5.41, 5.74) is -0.541. The number of halogens is 1. The number of nitro benzene ring substituents is 1. The quantitative estimate of drug-likeness (QED) is 0.506. The zero-order chi connectivity index (χ0) is 10.7. The van der Waals surface area contributed by atoms with E-state index < -0.39 is 28.8 Å². The van der Waals surface area contributed by atoms with Crippen LogP contribution in [0.5, 0.6) is 0 Å². The van der Waals surface area contributed by atoms with E-state index in [2.05, 4.69) is 0 Å². The minimum atomic E-state index is -1.43. The molecular formula is C8H5FNO4-. The summed E-state index contributed by atoms with van der Waals surface area (Å²) in [6.45, 7) is 0. The molecule has 0 fully saturated rings. The van der Waals surface area contributed by atoms with Crippen LogP contribution in [0.1, 0.15) is 5.56 Å². The van der Waals surface area contributed by atoms with Crippen LogP contribution in [0.3, 0.4) is 0 Å². The summed E-state index contributed by atoms with van der Waals surface area (Å²) in [5, 5.41) is 20.3. The van der Waals surface area contributed by atoms with Crippen molar-refractivity contribution in [2.45, 2.75) is 6.42 Å². The first-order chi connectivity index (χ1) is 6.50. The molecule has 0 amide bonds. The fourth-order valence-electron chi connectivity index (χ4n) is 0.949. The van der Waals surface area contributed by atoms with E-state index in [0.717, 1.165) is 12.1 Å². The molecule has 0 aliphatic carbocycles. The van der Waals surface area contributed by atoms with Gasteiger partial charge in [0.05, 0.1) is 11.0 Å². The van der Waals surface area contributed by atoms with Crippen molar-refractivity contribution in [3.63, 3.8) is 0 Å². The molecular weight excluding hydrogens is 193 g/mol. The monoisotopic (exact) mass is 198 g/mol. The second kappa shape index (κ2) is 3.82. The molecule has 74 valence electrons. The van der Waals surface area contributed by atoms with E-state index in [4.69, 9.17) is 0 Å². The molecule has 0 heterocycles. The summed E-state index contributed by atoms with van der Waals surface area (Å²) in [6.07, 6.45) is -0.593. The maximum Gasteiger partial charge on any atom is 0.272 e. The van der Waals surface area contributed by atoms with Gasteiger partial charge in [-0.2, -0.15) is 0 Å². The third-order valence-corrected chi connectivity index (χ3v) is 1.58. The Bertz CT molecular complexity index is 391. The highest BCUT2D eigenvalue weighted by atomic mass is 19.1. The number of hydrogen-bond donors (Lipinski definition) is 0. The molecule has 0 aliphatic heterocycles. The van der Waals surface area contributed by atoms with Crippen molar-refractivity contribution >= 4 is 11.7 Å². The van der Waals surface area contributed by atoms with E-state index in [-0.39, 0.29) is 5.56 Å². The summed E-state index contributed by atoms with van der Waals surface area (Å²) in [5.74, 6) is -2.35. The highest BCUT2D eigenvalue weighted by Gasteiger charge is 2.10. The van der Waals surface area contributed by atoms with Crippen molar-refractivity contribution in [1.29, 1.82) is 0 Å². The second-order valence-corrected chi connectivity index (χ2v) is 2.58. The van der Waals surface area contributed by atoms with Crippen LogP contribution in [0.4, 0.5) is 10.1 Å². The van der Waals surface area contributed by atoms with Crippen molar-refractivity contribution in [2.24, 2.45) is 0 Å². The Morgan fingerprint density at radius 2 is 2.14 bits per heavy atom. The van der Waals surface area contributed by atoms with Crippen LogP contribution in [0.2, 0.25) is 0 Å². The molecule has 0 saturated heterocycles. The molecule has 5 nitrogen and oxygen atoms in total. The number of rotatable bonds is 3. The van der Waals surface area contributed by atoms with Gasteiger partial charge in [0.15, 0.2) is 0 Å². The van der Waals surface area contributed by atoms with E-state index in [1.807, 2.05) is 0 Å². The van der Waals surface area contributed by atoms with Gasteiger partial charge in [-0.25, -0.2) is 4.39 Å². The summed E-state index contributed by atoms with van der Waals surface area (Å²) in [7, 11) is 0. The SMILES string of the molecule is O=C([O-])Cc1ccc([N+](=O)[O-])cc1F. The van der Waals surface area contributed by atoms with E-state index in [1.54, 1.807) is 0 Å². The number of nitro groups is 1. The Balaban J connectivity index is 3.01. The fraction of sp³-hybridized carbons (Fsp3) is 0.125. The van der Waals surface area contributed by atoms with Crippen molar-refractivity contribution in [3.05, 3.63) is 39.7 Å². The minimum Gasteiger partial charge on any atom is -0.550 e. The first kappa shape index (κ1) is 10.1.